The Balaban J connectivity index is 1.79. The Bertz CT molecular complexity index is 748. The second kappa shape index (κ2) is 12.7. The molecule has 0 aliphatic heterocycles. The molecule has 29 heavy (non-hydrogen) atoms. The highest BCUT2D eigenvalue weighted by Gasteiger charge is 2.06. The molecule has 1 unspecified atom stereocenters. The van der Waals surface area contributed by atoms with Crippen LogP contribution in [0.5, 0.6) is 11.5 Å². The molecule has 2 aromatic carbocycles. The van der Waals surface area contributed by atoms with Crippen LogP contribution in [0.15, 0.2) is 48.5 Å². The van der Waals surface area contributed by atoms with Crippen molar-refractivity contribution in [2.75, 3.05) is 23.8 Å². The van der Waals surface area contributed by atoms with Crippen LogP contribution in [0.3, 0.4) is 0 Å². The van der Waals surface area contributed by atoms with Crippen LogP contribution in [-0.2, 0) is 4.79 Å². The maximum atomic E-state index is 12.3. The van der Waals surface area contributed by atoms with Crippen molar-refractivity contribution in [3.63, 3.8) is 0 Å². The van der Waals surface area contributed by atoms with Crippen LogP contribution >= 0.6 is 0 Å². The SMILES string of the molecule is CCCCCCOc1cccc(NCC(=O)Nc2cccc(OC(C)CC)c2)c1. The van der Waals surface area contributed by atoms with E-state index >= 15 is 0 Å². The highest BCUT2D eigenvalue weighted by molar-refractivity contribution is 5.93. The Hall–Kier alpha value is -2.69. The Morgan fingerprint density at radius 2 is 1.69 bits per heavy atom. The lowest BCUT2D eigenvalue weighted by molar-refractivity contribution is -0.114. The number of hydrogen-bond acceptors (Lipinski definition) is 4. The van der Waals surface area contributed by atoms with Crippen molar-refractivity contribution >= 4 is 17.3 Å². The number of hydrogen-bond donors (Lipinski definition) is 2. The number of anilines is 2. The van der Waals surface area contributed by atoms with Crippen molar-refractivity contribution < 1.29 is 14.3 Å². The molecule has 0 aromatic heterocycles. The van der Waals surface area contributed by atoms with E-state index in [4.69, 9.17) is 9.47 Å². The van der Waals surface area contributed by atoms with Crippen molar-refractivity contribution in [3.8, 4) is 11.5 Å². The fourth-order valence-electron chi connectivity index (χ4n) is 2.77. The van der Waals surface area contributed by atoms with E-state index in [-0.39, 0.29) is 18.6 Å². The predicted octanol–water partition coefficient (Wildman–Crippen LogP) is 5.87. The van der Waals surface area contributed by atoms with Crippen LogP contribution in [0, 0.1) is 0 Å². The van der Waals surface area contributed by atoms with Crippen molar-refractivity contribution in [2.24, 2.45) is 0 Å². The van der Waals surface area contributed by atoms with Gasteiger partial charge in [0.05, 0.1) is 19.3 Å². The molecule has 0 aliphatic carbocycles. The molecule has 0 saturated carbocycles. The zero-order chi connectivity index (χ0) is 20.9. The minimum Gasteiger partial charge on any atom is -0.494 e. The van der Waals surface area contributed by atoms with Gasteiger partial charge in [-0.2, -0.15) is 0 Å². The first-order valence-corrected chi connectivity index (χ1v) is 10.6. The third kappa shape index (κ3) is 8.90. The van der Waals surface area contributed by atoms with Crippen LogP contribution in [0.25, 0.3) is 0 Å². The molecule has 0 aliphatic rings. The molecule has 2 aromatic rings. The largest absolute Gasteiger partial charge is 0.494 e. The van der Waals surface area contributed by atoms with E-state index in [1.807, 2.05) is 55.5 Å². The molecular formula is C24H34N2O3. The lowest BCUT2D eigenvalue weighted by atomic mass is 10.2. The summed E-state index contributed by atoms with van der Waals surface area (Å²) in [4.78, 5) is 12.3. The molecule has 0 bridgehead atoms. The van der Waals surface area contributed by atoms with Gasteiger partial charge in [-0.15, -0.1) is 0 Å². The first kappa shape index (κ1) is 22.6. The summed E-state index contributed by atoms with van der Waals surface area (Å²) in [6.07, 6.45) is 5.79. The molecule has 2 N–H and O–H groups in total. The fourth-order valence-corrected chi connectivity index (χ4v) is 2.77. The summed E-state index contributed by atoms with van der Waals surface area (Å²) in [7, 11) is 0. The fraction of sp³-hybridized carbons (Fsp3) is 0.458. The Morgan fingerprint density at radius 1 is 0.966 bits per heavy atom. The van der Waals surface area contributed by atoms with Crippen molar-refractivity contribution in [2.45, 2.75) is 59.0 Å². The summed E-state index contributed by atoms with van der Waals surface area (Å²) < 4.78 is 11.6. The minimum atomic E-state index is -0.114. The van der Waals surface area contributed by atoms with Gasteiger partial charge in [0, 0.05) is 23.5 Å². The molecule has 0 spiro atoms. The van der Waals surface area contributed by atoms with E-state index in [0.29, 0.717) is 0 Å². The monoisotopic (exact) mass is 398 g/mol. The first-order chi connectivity index (χ1) is 14.1. The third-order valence-corrected chi connectivity index (χ3v) is 4.58. The van der Waals surface area contributed by atoms with E-state index in [0.717, 1.165) is 42.3 Å². The average Bonchev–Trinajstić information content (AvgIpc) is 2.72. The molecule has 5 nitrogen and oxygen atoms in total. The zero-order valence-electron chi connectivity index (χ0n) is 17.9. The van der Waals surface area contributed by atoms with E-state index in [2.05, 4.69) is 24.5 Å². The van der Waals surface area contributed by atoms with E-state index in [1.54, 1.807) is 0 Å². The maximum Gasteiger partial charge on any atom is 0.243 e. The first-order valence-electron chi connectivity index (χ1n) is 10.6. The van der Waals surface area contributed by atoms with Crippen molar-refractivity contribution in [1.82, 2.24) is 0 Å². The topological polar surface area (TPSA) is 59.6 Å². The molecule has 2 rings (SSSR count). The molecule has 5 heteroatoms. The number of benzene rings is 2. The average molecular weight is 399 g/mol. The van der Waals surface area contributed by atoms with Gasteiger partial charge in [-0.1, -0.05) is 45.2 Å². The van der Waals surface area contributed by atoms with Crippen LogP contribution in [-0.4, -0.2) is 25.2 Å². The number of unbranched alkanes of at least 4 members (excludes halogenated alkanes) is 3. The number of ether oxygens (including phenoxy) is 2. The number of carbonyl (C=O) groups is 1. The highest BCUT2D eigenvalue weighted by atomic mass is 16.5. The van der Waals surface area contributed by atoms with Crippen molar-refractivity contribution in [3.05, 3.63) is 48.5 Å². The number of rotatable bonds is 13. The standard InChI is InChI=1S/C24H34N2O3/c1-4-6-7-8-15-28-22-13-9-11-20(16-22)25-18-24(27)26-21-12-10-14-23(17-21)29-19(3)5-2/h9-14,16-17,19,25H,4-8,15,18H2,1-3H3,(H,26,27). The minimum absolute atomic E-state index is 0.114. The normalized spacial score (nSPS) is 11.6. The lowest BCUT2D eigenvalue weighted by Crippen LogP contribution is -2.21. The predicted molar refractivity (Wildman–Crippen MR) is 120 cm³/mol. The van der Waals surface area contributed by atoms with Gasteiger partial charge in [-0.3, -0.25) is 4.79 Å². The molecule has 0 heterocycles. The summed E-state index contributed by atoms with van der Waals surface area (Å²) in [5.41, 5.74) is 1.59. The zero-order valence-corrected chi connectivity index (χ0v) is 17.9. The summed E-state index contributed by atoms with van der Waals surface area (Å²) >= 11 is 0. The quantitative estimate of drug-likeness (QED) is 0.414. The molecule has 1 amide bonds. The van der Waals surface area contributed by atoms with Gasteiger partial charge in [-0.25, -0.2) is 0 Å². The molecule has 1 atom stereocenters. The molecular weight excluding hydrogens is 364 g/mol. The summed E-state index contributed by atoms with van der Waals surface area (Å²) in [5, 5.41) is 6.05. The Labute approximate surface area is 174 Å². The van der Waals surface area contributed by atoms with E-state index < -0.39 is 0 Å². The van der Waals surface area contributed by atoms with Gasteiger partial charge < -0.3 is 20.1 Å². The second-order valence-corrected chi connectivity index (χ2v) is 7.20. The van der Waals surface area contributed by atoms with Gasteiger partial charge in [0.1, 0.15) is 11.5 Å². The summed E-state index contributed by atoms with van der Waals surface area (Å²) in [5.74, 6) is 1.47. The lowest BCUT2D eigenvalue weighted by Gasteiger charge is -2.14. The third-order valence-electron chi connectivity index (χ3n) is 4.58. The van der Waals surface area contributed by atoms with Crippen LogP contribution in [0.1, 0.15) is 52.9 Å². The number of carbonyl (C=O) groups excluding carboxylic acids is 1. The van der Waals surface area contributed by atoms with Crippen LogP contribution in [0.2, 0.25) is 0 Å². The smallest absolute Gasteiger partial charge is 0.243 e. The molecule has 158 valence electrons. The van der Waals surface area contributed by atoms with Crippen molar-refractivity contribution in [1.29, 1.82) is 0 Å². The molecule has 0 saturated heterocycles. The molecule has 0 fully saturated rings. The molecule has 0 radical (unpaired) electrons. The van der Waals surface area contributed by atoms with Crippen LogP contribution in [0.4, 0.5) is 11.4 Å². The number of amides is 1. The maximum absolute atomic E-state index is 12.3. The van der Waals surface area contributed by atoms with E-state index in [1.165, 1.54) is 19.3 Å². The van der Waals surface area contributed by atoms with Gasteiger partial charge in [-0.05, 0) is 44.0 Å². The van der Waals surface area contributed by atoms with Gasteiger partial charge >= 0.3 is 0 Å². The van der Waals surface area contributed by atoms with Gasteiger partial charge in [0.15, 0.2) is 0 Å². The Kier molecular flexibility index (Phi) is 9.90. The Morgan fingerprint density at radius 3 is 2.45 bits per heavy atom. The highest BCUT2D eigenvalue weighted by Crippen LogP contribution is 2.20. The number of nitrogens with one attached hydrogen (secondary N) is 2. The van der Waals surface area contributed by atoms with Crippen LogP contribution < -0.4 is 20.1 Å². The summed E-state index contributed by atoms with van der Waals surface area (Å²) in [6.45, 7) is 7.20. The summed E-state index contributed by atoms with van der Waals surface area (Å²) in [6, 6.07) is 15.2. The van der Waals surface area contributed by atoms with Gasteiger partial charge in [0.25, 0.3) is 0 Å². The van der Waals surface area contributed by atoms with Gasteiger partial charge in [0.2, 0.25) is 5.91 Å². The second-order valence-electron chi connectivity index (χ2n) is 7.20. The van der Waals surface area contributed by atoms with E-state index in [9.17, 15) is 4.79 Å².